The normalized spacial score (nSPS) is 15.1. The fraction of sp³-hybridized carbons (Fsp3) is 0.316. The second-order valence-electron chi connectivity index (χ2n) is 5.78. The average Bonchev–Trinajstić information content (AvgIpc) is 3.37. The van der Waals surface area contributed by atoms with Gasteiger partial charge in [0, 0.05) is 11.7 Å². The summed E-state index contributed by atoms with van der Waals surface area (Å²) in [6.07, 6.45) is 3.13. The standard InChI is InChI=1S/C19H22N2O/c1-2-14-8-6-7-11-17(14)21-18(15-9-4-3-5-10-15)19(22)20-16-12-13-16/h3-11,16,18,21H,2,12-13H2,1H3,(H,20,22)/t18-/m0/s1. The predicted octanol–water partition coefficient (Wildman–Crippen LogP) is 3.68. The van der Waals surface area contributed by atoms with Gasteiger partial charge in [-0.15, -0.1) is 0 Å². The van der Waals surface area contributed by atoms with E-state index in [2.05, 4.69) is 23.6 Å². The molecule has 1 aliphatic rings. The van der Waals surface area contributed by atoms with Gasteiger partial charge in [0.2, 0.25) is 5.91 Å². The van der Waals surface area contributed by atoms with Crippen LogP contribution < -0.4 is 10.6 Å². The zero-order valence-electron chi connectivity index (χ0n) is 12.9. The minimum absolute atomic E-state index is 0.0552. The van der Waals surface area contributed by atoms with Gasteiger partial charge in [0.05, 0.1) is 0 Å². The van der Waals surface area contributed by atoms with Crippen LogP contribution in [0.1, 0.15) is 36.9 Å². The minimum atomic E-state index is -0.352. The van der Waals surface area contributed by atoms with Gasteiger partial charge in [-0.3, -0.25) is 4.79 Å². The van der Waals surface area contributed by atoms with E-state index < -0.39 is 0 Å². The fourth-order valence-corrected chi connectivity index (χ4v) is 2.58. The van der Waals surface area contributed by atoms with Crippen LogP contribution in [0.4, 0.5) is 5.69 Å². The Morgan fingerprint density at radius 2 is 1.77 bits per heavy atom. The first-order valence-corrected chi connectivity index (χ1v) is 7.97. The Labute approximate surface area is 131 Å². The molecule has 0 spiro atoms. The van der Waals surface area contributed by atoms with Crippen molar-refractivity contribution in [1.82, 2.24) is 5.32 Å². The van der Waals surface area contributed by atoms with E-state index in [4.69, 9.17) is 0 Å². The Morgan fingerprint density at radius 1 is 1.09 bits per heavy atom. The molecule has 2 aromatic carbocycles. The van der Waals surface area contributed by atoms with Crippen LogP contribution in [0.25, 0.3) is 0 Å². The van der Waals surface area contributed by atoms with Gasteiger partial charge in [0.15, 0.2) is 0 Å². The highest BCUT2D eigenvalue weighted by atomic mass is 16.2. The quantitative estimate of drug-likeness (QED) is 0.853. The maximum absolute atomic E-state index is 12.6. The summed E-state index contributed by atoms with van der Waals surface area (Å²) in [6.45, 7) is 2.13. The lowest BCUT2D eigenvalue weighted by Gasteiger charge is -2.21. The third-order valence-corrected chi connectivity index (χ3v) is 4.02. The number of nitrogens with one attached hydrogen (secondary N) is 2. The number of hydrogen-bond donors (Lipinski definition) is 2. The van der Waals surface area contributed by atoms with Crippen molar-refractivity contribution in [3.63, 3.8) is 0 Å². The predicted molar refractivity (Wildman–Crippen MR) is 89.8 cm³/mol. The fourth-order valence-electron chi connectivity index (χ4n) is 2.58. The van der Waals surface area contributed by atoms with Gasteiger partial charge in [-0.1, -0.05) is 55.5 Å². The minimum Gasteiger partial charge on any atom is -0.370 e. The molecule has 2 aromatic rings. The molecule has 2 N–H and O–H groups in total. The Morgan fingerprint density at radius 3 is 2.45 bits per heavy atom. The van der Waals surface area contributed by atoms with Gasteiger partial charge in [-0.25, -0.2) is 0 Å². The summed E-state index contributed by atoms with van der Waals surface area (Å²) in [5, 5.41) is 6.54. The Bertz CT molecular complexity index is 635. The van der Waals surface area contributed by atoms with Crippen molar-refractivity contribution in [3.8, 4) is 0 Å². The summed E-state index contributed by atoms with van der Waals surface area (Å²) in [4.78, 5) is 12.6. The van der Waals surface area contributed by atoms with Crippen LogP contribution in [0.3, 0.4) is 0 Å². The molecule has 3 rings (SSSR count). The SMILES string of the molecule is CCc1ccccc1N[C@H](C(=O)NC1CC1)c1ccccc1. The molecule has 0 heterocycles. The molecule has 0 radical (unpaired) electrons. The van der Waals surface area contributed by atoms with Gasteiger partial charge in [0.1, 0.15) is 6.04 Å². The summed E-state index contributed by atoms with van der Waals surface area (Å²) in [7, 11) is 0. The Balaban J connectivity index is 1.86. The summed E-state index contributed by atoms with van der Waals surface area (Å²) in [5.41, 5.74) is 3.25. The molecule has 1 amide bonds. The molecular weight excluding hydrogens is 272 g/mol. The largest absolute Gasteiger partial charge is 0.370 e. The lowest BCUT2D eigenvalue weighted by Crippen LogP contribution is -2.35. The highest BCUT2D eigenvalue weighted by Gasteiger charge is 2.28. The molecule has 1 fully saturated rings. The first-order chi connectivity index (χ1) is 10.8. The summed E-state index contributed by atoms with van der Waals surface area (Å²) in [5.74, 6) is 0.0552. The number of benzene rings is 2. The smallest absolute Gasteiger partial charge is 0.247 e. The van der Waals surface area contributed by atoms with Crippen molar-refractivity contribution >= 4 is 11.6 Å². The summed E-state index contributed by atoms with van der Waals surface area (Å²) < 4.78 is 0. The van der Waals surface area contributed by atoms with Gasteiger partial charge in [0.25, 0.3) is 0 Å². The highest BCUT2D eigenvalue weighted by Crippen LogP contribution is 2.25. The van der Waals surface area contributed by atoms with Crippen LogP contribution in [0, 0.1) is 0 Å². The van der Waals surface area contributed by atoms with Crippen molar-refractivity contribution in [2.75, 3.05) is 5.32 Å². The third-order valence-electron chi connectivity index (χ3n) is 4.02. The third kappa shape index (κ3) is 3.48. The molecule has 3 nitrogen and oxygen atoms in total. The van der Waals surface area contributed by atoms with Gasteiger partial charge in [-0.05, 0) is 36.5 Å². The maximum atomic E-state index is 12.6. The molecule has 3 heteroatoms. The number of para-hydroxylation sites is 1. The van der Waals surface area contributed by atoms with Crippen LogP contribution in [0.15, 0.2) is 54.6 Å². The number of aryl methyl sites for hydroxylation is 1. The first kappa shape index (κ1) is 14.6. The maximum Gasteiger partial charge on any atom is 0.247 e. The van der Waals surface area contributed by atoms with E-state index in [-0.39, 0.29) is 11.9 Å². The lowest BCUT2D eigenvalue weighted by molar-refractivity contribution is -0.122. The molecule has 1 aliphatic carbocycles. The zero-order valence-corrected chi connectivity index (χ0v) is 12.9. The molecule has 0 bridgehead atoms. The van der Waals surface area contributed by atoms with Gasteiger partial charge < -0.3 is 10.6 Å². The molecule has 0 aliphatic heterocycles. The number of amides is 1. The molecule has 1 atom stereocenters. The van der Waals surface area contributed by atoms with Crippen molar-refractivity contribution in [1.29, 1.82) is 0 Å². The number of rotatable bonds is 6. The molecule has 0 unspecified atom stereocenters. The van der Waals surface area contributed by atoms with E-state index in [1.165, 1.54) is 5.56 Å². The van der Waals surface area contributed by atoms with E-state index in [0.717, 1.165) is 30.5 Å². The van der Waals surface area contributed by atoms with E-state index in [9.17, 15) is 4.79 Å². The number of carbonyl (C=O) groups is 1. The average molecular weight is 294 g/mol. The van der Waals surface area contributed by atoms with E-state index >= 15 is 0 Å². The number of anilines is 1. The zero-order chi connectivity index (χ0) is 15.4. The summed E-state index contributed by atoms with van der Waals surface area (Å²) >= 11 is 0. The van der Waals surface area contributed by atoms with E-state index in [1.807, 2.05) is 48.5 Å². The second kappa shape index (κ2) is 6.65. The number of hydrogen-bond acceptors (Lipinski definition) is 2. The molecular formula is C19H22N2O. The van der Waals surface area contributed by atoms with Crippen LogP contribution in [0.5, 0.6) is 0 Å². The van der Waals surface area contributed by atoms with Crippen LogP contribution in [-0.2, 0) is 11.2 Å². The molecule has 114 valence electrons. The molecule has 1 saturated carbocycles. The summed E-state index contributed by atoms with van der Waals surface area (Å²) in [6, 6.07) is 18.1. The molecule has 22 heavy (non-hydrogen) atoms. The van der Waals surface area contributed by atoms with Crippen LogP contribution >= 0.6 is 0 Å². The second-order valence-corrected chi connectivity index (χ2v) is 5.78. The van der Waals surface area contributed by atoms with Gasteiger partial charge >= 0.3 is 0 Å². The van der Waals surface area contributed by atoms with Gasteiger partial charge in [-0.2, -0.15) is 0 Å². The Kier molecular flexibility index (Phi) is 4.42. The Hall–Kier alpha value is -2.29. The first-order valence-electron chi connectivity index (χ1n) is 7.97. The highest BCUT2D eigenvalue weighted by molar-refractivity contribution is 5.86. The topological polar surface area (TPSA) is 41.1 Å². The molecule has 0 saturated heterocycles. The van der Waals surface area contributed by atoms with Crippen molar-refractivity contribution in [3.05, 3.63) is 65.7 Å². The molecule has 0 aromatic heterocycles. The van der Waals surface area contributed by atoms with Crippen molar-refractivity contribution in [2.24, 2.45) is 0 Å². The van der Waals surface area contributed by atoms with Crippen LogP contribution in [-0.4, -0.2) is 11.9 Å². The van der Waals surface area contributed by atoms with E-state index in [1.54, 1.807) is 0 Å². The van der Waals surface area contributed by atoms with Crippen molar-refractivity contribution < 1.29 is 4.79 Å². The monoisotopic (exact) mass is 294 g/mol. The number of carbonyl (C=O) groups excluding carboxylic acids is 1. The lowest BCUT2D eigenvalue weighted by atomic mass is 10.0. The van der Waals surface area contributed by atoms with E-state index in [0.29, 0.717) is 6.04 Å². The van der Waals surface area contributed by atoms with Crippen LogP contribution in [0.2, 0.25) is 0 Å². The van der Waals surface area contributed by atoms with Crippen molar-refractivity contribution in [2.45, 2.75) is 38.3 Å².